The van der Waals surface area contributed by atoms with Gasteiger partial charge < -0.3 is 14.6 Å². The van der Waals surface area contributed by atoms with E-state index in [0.29, 0.717) is 12.2 Å². The number of ether oxygens (including phenoxy) is 2. The lowest BCUT2D eigenvalue weighted by molar-refractivity contribution is -0.159. The Morgan fingerprint density at radius 3 is 2.33 bits per heavy atom. The van der Waals surface area contributed by atoms with Gasteiger partial charge in [0, 0.05) is 5.75 Å². The Morgan fingerprint density at radius 2 is 1.83 bits per heavy atom. The average molecular weight is 278 g/mol. The van der Waals surface area contributed by atoms with Gasteiger partial charge in [0.05, 0.1) is 11.8 Å². The SMILES string of the molecule is CCC(C)(C)C(=O)OCC(O)COC(=O)CCS. The Hall–Kier alpha value is -0.750. The Kier molecular flexibility index (Phi) is 8.02. The fraction of sp³-hybridized carbons (Fsp3) is 0.833. The van der Waals surface area contributed by atoms with Crippen molar-refractivity contribution >= 4 is 24.6 Å². The van der Waals surface area contributed by atoms with Gasteiger partial charge in [-0.05, 0) is 20.3 Å². The Labute approximate surface area is 113 Å². The van der Waals surface area contributed by atoms with Gasteiger partial charge in [-0.3, -0.25) is 9.59 Å². The molecule has 0 bridgehead atoms. The molecule has 0 radical (unpaired) electrons. The van der Waals surface area contributed by atoms with Crippen molar-refractivity contribution in [3.8, 4) is 0 Å². The lowest BCUT2D eigenvalue weighted by Crippen LogP contribution is -2.31. The van der Waals surface area contributed by atoms with E-state index in [0.717, 1.165) is 0 Å². The topological polar surface area (TPSA) is 72.8 Å². The molecule has 0 saturated carbocycles. The zero-order chi connectivity index (χ0) is 14.2. The van der Waals surface area contributed by atoms with Crippen LogP contribution in [0.25, 0.3) is 0 Å². The van der Waals surface area contributed by atoms with E-state index in [4.69, 9.17) is 9.47 Å². The minimum Gasteiger partial charge on any atom is -0.463 e. The van der Waals surface area contributed by atoms with E-state index in [2.05, 4.69) is 12.6 Å². The molecule has 0 rings (SSSR count). The third-order valence-electron chi connectivity index (χ3n) is 2.60. The van der Waals surface area contributed by atoms with E-state index >= 15 is 0 Å². The van der Waals surface area contributed by atoms with Crippen LogP contribution in [0.5, 0.6) is 0 Å². The normalized spacial score (nSPS) is 12.9. The van der Waals surface area contributed by atoms with Crippen LogP contribution >= 0.6 is 12.6 Å². The van der Waals surface area contributed by atoms with Crippen molar-refractivity contribution in [3.05, 3.63) is 0 Å². The van der Waals surface area contributed by atoms with Gasteiger partial charge in [0.1, 0.15) is 19.3 Å². The molecule has 1 atom stereocenters. The summed E-state index contributed by atoms with van der Waals surface area (Å²) in [5, 5.41) is 9.48. The molecule has 1 unspecified atom stereocenters. The summed E-state index contributed by atoms with van der Waals surface area (Å²) in [4.78, 5) is 22.6. The Bertz CT molecular complexity index is 278. The number of carbonyl (C=O) groups excluding carboxylic acids is 2. The number of aliphatic hydroxyl groups excluding tert-OH is 1. The molecule has 1 N–H and O–H groups in total. The third kappa shape index (κ3) is 6.86. The summed E-state index contributed by atoms with van der Waals surface area (Å²) < 4.78 is 9.72. The first kappa shape index (κ1) is 17.2. The minimum absolute atomic E-state index is 0.170. The summed E-state index contributed by atoms with van der Waals surface area (Å²) in [5.74, 6) is -0.399. The van der Waals surface area contributed by atoms with Crippen molar-refractivity contribution in [3.63, 3.8) is 0 Å². The molecule has 0 amide bonds. The monoisotopic (exact) mass is 278 g/mol. The van der Waals surface area contributed by atoms with E-state index in [1.165, 1.54) is 0 Å². The Morgan fingerprint density at radius 1 is 1.28 bits per heavy atom. The fourth-order valence-corrected chi connectivity index (χ4v) is 1.09. The van der Waals surface area contributed by atoms with Crippen molar-refractivity contribution in [1.82, 2.24) is 0 Å². The van der Waals surface area contributed by atoms with Crippen molar-refractivity contribution < 1.29 is 24.2 Å². The predicted molar refractivity (Wildman–Crippen MR) is 70.5 cm³/mol. The maximum Gasteiger partial charge on any atom is 0.311 e. The molecule has 0 aliphatic heterocycles. The van der Waals surface area contributed by atoms with Crippen LogP contribution < -0.4 is 0 Å². The first-order valence-corrected chi connectivity index (χ1v) is 6.58. The molecule has 0 aromatic heterocycles. The quantitative estimate of drug-likeness (QED) is 0.515. The maximum atomic E-state index is 11.6. The van der Waals surface area contributed by atoms with Gasteiger partial charge in [-0.15, -0.1) is 0 Å². The largest absolute Gasteiger partial charge is 0.463 e. The average Bonchev–Trinajstić information content (AvgIpc) is 2.33. The molecule has 0 saturated heterocycles. The van der Waals surface area contributed by atoms with Crippen LogP contribution in [-0.4, -0.2) is 42.1 Å². The highest BCUT2D eigenvalue weighted by Gasteiger charge is 2.27. The van der Waals surface area contributed by atoms with E-state index < -0.39 is 17.5 Å². The maximum absolute atomic E-state index is 11.6. The van der Waals surface area contributed by atoms with Gasteiger partial charge in [-0.25, -0.2) is 0 Å². The van der Waals surface area contributed by atoms with Crippen LogP contribution in [0, 0.1) is 5.41 Å². The van der Waals surface area contributed by atoms with Crippen molar-refractivity contribution in [2.75, 3.05) is 19.0 Å². The van der Waals surface area contributed by atoms with Gasteiger partial charge in [-0.2, -0.15) is 12.6 Å². The van der Waals surface area contributed by atoms with Crippen LogP contribution in [0.2, 0.25) is 0 Å². The molecule has 0 fully saturated rings. The second kappa shape index (κ2) is 8.37. The summed E-state index contributed by atoms with van der Waals surface area (Å²) in [6.45, 7) is 5.09. The summed E-state index contributed by atoms with van der Waals surface area (Å²) in [6, 6.07) is 0. The molecule has 0 aromatic rings. The van der Waals surface area contributed by atoms with E-state index in [9.17, 15) is 14.7 Å². The highest BCUT2D eigenvalue weighted by Crippen LogP contribution is 2.21. The third-order valence-corrected chi connectivity index (χ3v) is 2.82. The number of rotatable bonds is 8. The molecule has 6 heteroatoms. The molecule has 0 heterocycles. The Balaban J connectivity index is 3.87. The van der Waals surface area contributed by atoms with Crippen LogP contribution in [0.15, 0.2) is 0 Å². The van der Waals surface area contributed by atoms with Gasteiger partial charge >= 0.3 is 11.9 Å². The van der Waals surface area contributed by atoms with Crippen LogP contribution in [0.3, 0.4) is 0 Å². The van der Waals surface area contributed by atoms with Crippen molar-refractivity contribution in [2.24, 2.45) is 5.41 Å². The molecule has 0 aliphatic carbocycles. The first-order chi connectivity index (χ1) is 8.33. The number of aliphatic hydroxyl groups is 1. The van der Waals surface area contributed by atoms with E-state index in [1.54, 1.807) is 13.8 Å². The molecular formula is C12H22O5S. The number of thiol groups is 1. The van der Waals surface area contributed by atoms with Crippen LogP contribution in [0.4, 0.5) is 0 Å². The van der Waals surface area contributed by atoms with Gasteiger partial charge in [-0.1, -0.05) is 6.92 Å². The van der Waals surface area contributed by atoms with Crippen LogP contribution in [0.1, 0.15) is 33.6 Å². The highest BCUT2D eigenvalue weighted by atomic mass is 32.1. The second-order valence-corrected chi connectivity index (χ2v) is 5.09. The fourth-order valence-electron chi connectivity index (χ4n) is 0.912. The molecule has 106 valence electrons. The van der Waals surface area contributed by atoms with Gasteiger partial charge in [0.15, 0.2) is 0 Å². The number of hydrogen-bond donors (Lipinski definition) is 2. The minimum atomic E-state index is -0.995. The zero-order valence-corrected chi connectivity index (χ0v) is 12.0. The van der Waals surface area contributed by atoms with Crippen molar-refractivity contribution in [1.29, 1.82) is 0 Å². The molecular weight excluding hydrogens is 256 g/mol. The van der Waals surface area contributed by atoms with Gasteiger partial charge in [0.2, 0.25) is 0 Å². The molecule has 0 aromatic carbocycles. The number of hydrogen-bond acceptors (Lipinski definition) is 6. The lowest BCUT2D eigenvalue weighted by atomic mass is 9.91. The molecule has 0 spiro atoms. The molecule has 18 heavy (non-hydrogen) atoms. The zero-order valence-electron chi connectivity index (χ0n) is 11.1. The number of carbonyl (C=O) groups is 2. The lowest BCUT2D eigenvalue weighted by Gasteiger charge is -2.21. The number of esters is 2. The summed E-state index contributed by atoms with van der Waals surface area (Å²) in [6.07, 6.45) is -0.150. The van der Waals surface area contributed by atoms with Crippen LogP contribution in [-0.2, 0) is 19.1 Å². The summed E-state index contributed by atoms with van der Waals surface area (Å²) >= 11 is 3.88. The smallest absolute Gasteiger partial charge is 0.311 e. The van der Waals surface area contributed by atoms with E-state index in [1.807, 2.05) is 6.92 Å². The van der Waals surface area contributed by atoms with Gasteiger partial charge in [0.25, 0.3) is 0 Å². The van der Waals surface area contributed by atoms with Crippen molar-refractivity contribution in [2.45, 2.75) is 39.7 Å². The predicted octanol–water partition coefficient (Wildman–Crippen LogP) is 1.19. The standard InChI is InChI=1S/C12H22O5S/c1-4-12(2,3)11(15)17-8-9(13)7-16-10(14)5-6-18/h9,13,18H,4-8H2,1-3H3. The van der Waals surface area contributed by atoms with E-state index in [-0.39, 0.29) is 25.6 Å². The summed E-state index contributed by atoms with van der Waals surface area (Å²) in [5.41, 5.74) is -0.567. The first-order valence-electron chi connectivity index (χ1n) is 5.95. The summed E-state index contributed by atoms with van der Waals surface area (Å²) in [7, 11) is 0. The highest BCUT2D eigenvalue weighted by molar-refractivity contribution is 7.80. The molecule has 5 nitrogen and oxygen atoms in total. The second-order valence-electron chi connectivity index (χ2n) is 4.65. The molecule has 0 aliphatic rings.